The van der Waals surface area contributed by atoms with Crippen LogP contribution in [0.4, 0.5) is 11.5 Å². The molecule has 0 aliphatic carbocycles. The van der Waals surface area contributed by atoms with Crippen LogP contribution in [0.15, 0.2) is 48.9 Å². The Balaban J connectivity index is 1.98. The monoisotopic (exact) mass is 290 g/mol. The first kappa shape index (κ1) is 14.5. The van der Waals surface area contributed by atoms with Gasteiger partial charge in [0.15, 0.2) is 5.82 Å². The predicted molar refractivity (Wildman–Crippen MR) is 85.1 cm³/mol. The van der Waals surface area contributed by atoms with Gasteiger partial charge < -0.3 is 10.6 Å². The molecule has 0 radical (unpaired) electrons. The van der Waals surface area contributed by atoms with Crippen LogP contribution in [0.1, 0.15) is 20.8 Å². The summed E-state index contributed by atoms with van der Waals surface area (Å²) in [6.07, 6.45) is 1.94. The summed E-state index contributed by atoms with van der Waals surface area (Å²) < 4.78 is 1.91. The Bertz CT molecular complexity index is 593. The zero-order valence-corrected chi connectivity index (χ0v) is 12.7. The molecule has 0 saturated heterocycles. The quantitative estimate of drug-likeness (QED) is 0.883. The molecule has 2 aromatic rings. The lowest BCUT2D eigenvalue weighted by Crippen LogP contribution is -2.22. The standard InChI is InChI=1S/C15H19ClN4/c1-11(17-13-7-5-12(16)6-8-13)18-14-9-10-20(19-14)15(2,3)4/h5-10,17H,1H2,2-4H3,(H,18,19). The Hall–Kier alpha value is -1.94. The number of aromatic nitrogens is 2. The Labute approximate surface area is 124 Å². The molecule has 0 aliphatic heterocycles. The topological polar surface area (TPSA) is 41.9 Å². The molecule has 1 aromatic heterocycles. The Morgan fingerprint density at radius 3 is 2.35 bits per heavy atom. The maximum atomic E-state index is 5.84. The van der Waals surface area contributed by atoms with E-state index >= 15 is 0 Å². The fourth-order valence-electron chi connectivity index (χ4n) is 1.66. The molecule has 0 aliphatic rings. The molecule has 2 N–H and O–H groups in total. The molecule has 106 valence electrons. The number of rotatable bonds is 4. The Morgan fingerprint density at radius 2 is 1.80 bits per heavy atom. The van der Waals surface area contributed by atoms with Gasteiger partial charge in [-0.15, -0.1) is 0 Å². The highest BCUT2D eigenvalue weighted by Crippen LogP contribution is 2.17. The van der Waals surface area contributed by atoms with Crippen LogP contribution in [0, 0.1) is 0 Å². The maximum Gasteiger partial charge on any atom is 0.153 e. The van der Waals surface area contributed by atoms with Gasteiger partial charge >= 0.3 is 0 Å². The van der Waals surface area contributed by atoms with Crippen molar-refractivity contribution < 1.29 is 0 Å². The fourth-order valence-corrected chi connectivity index (χ4v) is 1.78. The Kier molecular flexibility index (Phi) is 4.04. The van der Waals surface area contributed by atoms with Crippen LogP contribution in [0.5, 0.6) is 0 Å². The van der Waals surface area contributed by atoms with Crippen LogP contribution in [0.2, 0.25) is 5.02 Å². The van der Waals surface area contributed by atoms with E-state index in [2.05, 4.69) is 43.1 Å². The molecule has 2 rings (SSSR count). The third kappa shape index (κ3) is 3.78. The molecular weight excluding hydrogens is 272 g/mol. The van der Waals surface area contributed by atoms with Gasteiger partial charge in [0.1, 0.15) is 5.82 Å². The van der Waals surface area contributed by atoms with Crippen molar-refractivity contribution in [2.24, 2.45) is 0 Å². The lowest BCUT2D eigenvalue weighted by Gasteiger charge is -2.19. The summed E-state index contributed by atoms with van der Waals surface area (Å²) >= 11 is 5.84. The van der Waals surface area contributed by atoms with Crippen LogP contribution in [-0.4, -0.2) is 9.78 Å². The van der Waals surface area contributed by atoms with Gasteiger partial charge in [-0.05, 0) is 45.0 Å². The number of hydrogen-bond acceptors (Lipinski definition) is 3. The largest absolute Gasteiger partial charge is 0.342 e. The van der Waals surface area contributed by atoms with Crippen LogP contribution in [0.25, 0.3) is 0 Å². The van der Waals surface area contributed by atoms with Gasteiger partial charge in [0.05, 0.1) is 5.54 Å². The average molecular weight is 291 g/mol. The third-order valence-electron chi connectivity index (χ3n) is 2.69. The zero-order chi connectivity index (χ0) is 14.8. The van der Waals surface area contributed by atoms with Gasteiger partial charge in [-0.2, -0.15) is 5.10 Å². The van der Waals surface area contributed by atoms with Crippen molar-refractivity contribution >= 4 is 23.1 Å². The lowest BCUT2D eigenvalue weighted by atomic mass is 10.1. The minimum absolute atomic E-state index is 0.0368. The SMILES string of the molecule is C=C(Nc1ccc(Cl)cc1)Nc1ccn(C(C)(C)C)n1. The maximum absolute atomic E-state index is 5.84. The van der Waals surface area contributed by atoms with E-state index in [9.17, 15) is 0 Å². The molecule has 0 saturated carbocycles. The highest BCUT2D eigenvalue weighted by atomic mass is 35.5. The van der Waals surface area contributed by atoms with Gasteiger partial charge in [0, 0.05) is 23.0 Å². The van der Waals surface area contributed by atoms with Crippen LogP contribution < -0.4 is 10.6 Å². The van der Waals surface area contributed by atoms with Crippen molar-refractivity contribution in [3.05, 3.63) is 54.0 Å². The molecule has 0 spiro atoms. The van der Waals surface area contributed by atoms with Crippen LogP contribution in [0.3, 0.4) is 0 Å². The van der Waals surface area contributed by atoms with E-state index in [1.54, 1.807) is 0 Å². The lowest BCUT2D eigenvalue weighted by molar-refractivity contribution is 0.356. The van der Waals surface area contributed by atoms with Crippen LogP contribution in [-0.2, 0) is 5.54 Å². The second kappa shape index (κ2) is 5.59. The van der Waals surface area contributed by atoms with E-state index in [-0.39, 0.29) is 5.54 Å². The molecular formula is C15H19ClN4. The summed E-state index contributed by atoms with van der Waals surface area (Å²) in [5.41, 5.74) is 0.882. The highest BCUT2D eigenvalue weighted by Gasteiger charge is 2.13. The molecule has 1 aromatic carbocycles. The second-order valence-electron chi connectivity index (χ2n) is 5.55. The normalized spacial score (nSPS) is 11.2. The van der Waals surface area contributed by atoms with E-state index in [1.165, 1.54) is 0 Å². The van der Waals surface area contributed by atoms with E-state index < -0.39 is 0 Å². The van der Waals surface area contributed by atoms with Crippen molar-refractivity contribution in [1.82, 2.24) is 9.78 Å². The van der Waals surface area contributed by atoms with E-state index in [1.807, 2.05) is 41.2 Å². The first-order chi connectivity index (χ1) is 9.34. The van der Waals surface area contributed by atoms with E-state index in [0.29, 0.717) is 10.8 Å². The minimum atomic E-state index is -0.0368. The second-order valence-corrected chi connectivity index (χ2v) is 5.99. The number of benzene rings is 1. The first-order valence-corrected chi connectivity index (χ1v) is 6.77. The number of anilines is 2. The van der Waals surface area contributed by atoms with Gasteiger partial charge in [0.25, 0.3) is 0 Å². The molecule has 0 bridgehead atoms. The van der Waals surface area contributed by atoms with Crippen molar-refractivity contribution in [2.75, 3.05) is 10.6 Å². The number of halogens is 1. The van der Waals surface area contributed by atoms with Crippen molar-refractivity contribution in [1.29, 1.82) is 0 Å². The van der Waals surface area contributed by atoms with Gasteiger partial charge in [-0.3, -0.25) is 4.68 Å². The Morgan fingerprint density at radius 1 is 1.15 bits per heavy atom. The number of hydrogen-bond donors (Lipinski definition) is 2. The summed E-state index contributed by atoms with van der Waals surface area (Å²) in [6, 6.07) is 9.35. The van der Waals surface area contributed by atoms with E-state index in [4.69, 9.17) is 11.6 Å². The van der Waals surface area contributed by atoms with Gasteiger partial charge in [-0.1, -0.05) is 18.2 Å². The fraction of sp³-hybridized carbons (Fsp3) is 0.267. The molecule has 4 nitrogen and oxygen atoms in total. The van der Waals surface area contributed by atoms with Gasteiger partial charge in [0.2, 0.25) is 0 Å². The summed E-state index contributed by atoms with van der Waals surface area (Å²) in [5, 5.41) is 11.4. The van der Waals surface area contributed by atoms with Gasteiger partial charge in [-0.25, -0.2) is 0 Å². The highest BCUT2D eigenvalue weighted by molar-refractivity contribution is 6.30. The molecule has 0 amide bonds. The third-order valence-corrected chi connectivity index (χ3v) is 2.95. The van der Waals surface area contributed by atoms with Crippen molar-refractivity contribution in [2.45, 2.75) is 26.3 Å². The van der Waals surface area contributed by atoms with Crippen LogP contribution >= 0.6 is 11.6 Å². The smallest absolute Gasteiger partial charge is 0.153 e. The first-order valence-electron chi connectivity index (χ1n) is 6.39. The molecule has 0 fully saturated rings. The summed E-state index contributed by atoms with van der Waals surface area (Å²) in [7, 11) is 0. The molecule has 20 heavy (non-hydrogen) atoms. The number of nitrogens with zero attached hydrogens (tertiary/aromatic N) is 2. The zero-order valence-electron chi connectivity index (χ0n) is 11.9. The molecule has 0 atom stereocenters. The number of nitrogens with one attached hydrogen (secondary N) is 2. The van der Waals surface area contributed by atoms with E-state index in [0.717, 1.165) is 11.5 Å². The molecule has 5 heteroatoms. The minimum Gasteiger partial charge on any atom is -0.342 e. The van der Waals surface area contributed by atoms with Crippen molar-refractivity contribution in [3.63, 3.8) is 0 Å². The average Bonchev–Trinajstić information content (AvgIpc) is 2.80. The predicted octanol–water partition coefficient (Wildman–Crippen LogP) is 4.29. The molecule has 1 heterocycles. The van der Waals surface area contributed by atoms with Crippen molar-refractivity contribution in [3.8, 4) is 0 Å². The summed E-state index contributed by atoms with van der Waals surface area (Å²) in [5.74, 6) is 1.41. The summed E-state index contributed by atoms with van der Waals surface area (Å²) in [4.78, 5) is 0. The summed E-state index contributed by atoms with van der Waals surface area (Å²) in [6.45, 7) is 10.2. The molecule has 0 unspecified atom stereocenters.